The summed E-state index contributed by atoms with van der Waals surface area (Å²) < 4.78 is 5.05. The van der Waals surface area contributed by atoms with Crippen molar-refractivity contribution in [1.29, 1.82) is 0 Å². The molecule has 0 aliphatic carbocycles. The summed E-state index contributed by atoms with van der Waals surface area (Å²) in [6, 6.07) is -0.174. The van der Waals surface area contributed by atoms with Gasteiger partial charge in [0.1, 0.15) is 12.2 Å². The van der Waals surface area contributed by atoms with Gasteiger partial charge in [-0.25, -0.2) is 5.11 Å². The van der Waals surface area contributed by atoms with Crippen molar-refractivity contribution in [2.75, 3.05) is 13.2 Å². The van der Waals surface area contributed by atoms with E-state index in [-0.39, 0.29) is 6.04 Å². The molecule has 1 rings (SSSR count). The number of hydrogen-bond donors (Lipinski definition) is 0. The Morgan fingerprint density at radius 2 is 2.19 bits per heavy atom. The molecule has 93 valence electrons. The molecule has 1 heterocycles. The molecule has 1 aliphatic rings. The van der Waals surface area contributed by atoms with Crippen LogP contribution < -0.4 is 0 Å². The second-order valence-electron chi connectivity index (χ2n) is 4.12. The number of carbonyl (C=O) groups excluding carboxylic acids is 1. The number of piperidine rings is 1. The third-order valence-corrected chi connectivity index (χ3v) is 2.69. The van der Waals surface area contributed by atoms with Gasteiger partial charge in [-0.3, -0.25) is 9.63 Å². The molecular weight excluding hydrogens is 210 g/mol. The summed E-state index contributed by atoms with van der Waals surface area (Å²) in [5, 5.41) is 13.4. The van der Waals surface area contributed by atoms with Gasteiger partial charge in [0.25, 0.3) is 0 Å². The number of esters is 1. The van der Waals surface area contributed by atoms with E-state index in [1.54, 1.807) is 5.06 Å². The summed E-state index contributed by atoms with van der Waals surface area (Å²) in [7, 11) is 0. The Balaban J connectivity index is 2.55. The van der Waals surface area contributed by atoms with Crippen molar-refractivity contribution < 1.29 is 19.5 Å². The molecule has 0 spiro atoms. The summed E-state index contributed by atoms with van der Waals surface area (Å²) >= 11 is 0. The van der Waals surface area contributed by atoms with E-state index in [1.165, 1.54) is 6.92 Å². The lowest BCUT2D eigenvalue weighted by molar-refractivity contribution is -0.245. The summed E-state index contributed by atoms with van der Waals surface area (Å²) in [5.74, 6) is -0.407. The van der Waals surface area contributed by atoms with Gasteiger partial charge in [-0.2, -0.15) is 5.06 Å². The van der Waals surface area contributed by atoms with Gasteiger partial charge < -0.3 is 4.74 Å². The third kappa shape index (κ3) is 3.43. The first-order valence-corrected chi connectivity index (χ1v) is 5.78. The predicted molar refractivity (Wildman–Crippen MR) is 57.1 cm³/mol. The van der Waals surface area contributed by atoms with E-state index >= 15 is 0 Å². The molecule has 5 heteroatoms. The summed E-state index contributed by atoms with van der Waals surface area (Å²) in [6.07, 6.45) is -0.0858. The average molecular weight is 230 g/mol. The van der Waals surface area contributed by atoms with Crippen LogP contribution in [0.15, 0.2) is 0 Å². The summed E-state index contributed by atoms with van der Waals surface area (Å²) in [6.45, 7) is 6.43. The molecule has 1 fully saturated rings. The average Bonchev–Trinajstić information content (AvgIpc) is 2.23. The molecular formula is C11H20NO4. The van der Waals surface area contributed by atoms with E-state index in [0.717, 1.165) is 6.42 Å². The fourth-order valence-electron chi connectivity index (χ4n) is 1.85. The lowest BCUT2D eigenvalue weighted by Gasteiger charge is -2.39. The fourth-order valence-corrected chi connectivity index (χ4v) is 1.85. The topological polar surface area (TPSA) is 58.7 Å². The minimum atomic E-state index is -0.847. The maximum atomic E-state index is 11.7. The second-order valence-corrected chi connectivity index (χ2v) is 4.12. The van der Waals surface area contributed by atoms with Gasteiger partial charge in [0.2, 0.25) is 0 Å². The van der Waals surface area contributed by atoms with Gasteiger partial charge in [-0.05, 0) is 19.8 Å². The fraction of sp³-hybridized carbons (Fsp3) is 0.909. The van der Waals surface area contributed by atoms with Gasteiger partial charge in [-0.15, -0.1) is 0 Å². The smallest absolute Gasteiger partial charge is 0.303 e. The number of hydroxylamine groups is 2. The molecule has 1 saturated heterocycles. The van der Waals surface area contributed by atoms with Crippen molar-refractivity contribution in [2.24, 2.45) is 0 Å². The second kappa shape index (κ2) is 6.18. The number of rotatable bonds is 4. The van der Waals surface area contributed by atoms with Crippen molar-refractivity contribution >= 4 is 5.97 Å². The van der Waals surface area contributed by atoms with Crippen LogP contribution in [0.5, 0.6) is 0 Å². The lowest BCUT2D eigenvalue weighted by atomic mass is 9.99. The summed E-state index contributed by atoms with van der Waals surface area (Å²) in [4.78, 5) is 16.4. The highest BCUT2D eigenvalue weighted by atomic mass is 16.7. The molecule has 16 heavy (non-hydrogen) atoms. The minimum absolute atomic E-state index is 0.174. The van der Waals surface area contributed by atoms with Crippen molar-refractivity contribution in [3.05, 3.63) is 0 Å². The molecule has 0 bridgehead atoms. The highest BCUT2D eigenvalue weighted by Crippen LogP contribution is 2.21. The van der Waals surface area contributed by atoms with E-state index in [0.29, 0.717) is 19.6 Å². The number of ether oxygens (including phenoxy) is 1. The maximum Gasteiger partial charge on any atom is 0.303 e. The van der Waals surface area contributed by atoms with Crippen LogP contribution >= 0.6 is 0 Å². The SMILES string of the molecule is CCCON1CCC([O])C(OC(C)=O)C1C. The summed E-state index contributed by atoms with van der Waals surface area (Å²) in [5.41, 5.74) is 0. The number of carbonyl (C=O) groups is 1. The Bertz CT molecular complexity index is 232. The van der Waals surface area contributed by atoms with Crippen LogP contribution in [0.2, 0.25) is 0 Å². The van der Waals surface area contributed by atoms with Gasteiger partial charge in [-0.1, -0.05) is 6.92 Å². The van der Waals surface area contributed by atoms with Crippen molar-refractivity contribution in [3.8, 4) is 0 Å². The first-order valence-electron chi connectivity index (χ1n) is 5.78. The predicted octanol–water partition coefficient (Wildman–Crippen LogP) is 1.15. The zero-order valence-corrected chi connectivity index (χ0v) is 10.1. The molecule has 0 aromatic carbocycles. The molecule has 3 unspecified atom stereocenters. The number of nitrogens with zero attached hydrogens (tertiary/aromatic N) is 1. The molecule has 0 N–H and O–H groups in total. The maximum absolute atomic E-state index is 11.7. The van der Waals surface area contributed by atoms with E-state index in [1.807, 2.05) is 13.8 Å². The van der Waals surface area contributed by atoms with Gasteiger partial charge in [0.15, 0.2) is 0 Å². The van der Waals surface area contributed by atoms with Crippen LogP contribution in [0.3, 0.4) is 0 Å². The monoisotopic (exact) mass is 230 g/mol. The minimum Gasteiger partial charge on any atom is -0.458 e. The molecule has 0 saturated carbocycles. The van der Waals surface area contributed by atoms with E-state index in [4.69, 9.17) is 9.57 Å². The first-order chi connectivity index (χ1) is 7.56. The van der Waals surface area contributed by atoms with Crippen LogP contribution in [0, 0.1) is 0 Å². The Labute approximate surface area is 96.3 Å². The highest BCUT2D eigenvalue weighted by molar-refractivity contribution is 5.66. The number of hydrogen-bond acceptors (Lipinski definition) is 4. The van der Waals surface area contributed by atoms with Gasteiger partial charge in [0, 0.05) is 13.5 Å². The van der Waals surface area contributed by atoms with Crippen LogP contribution in [0.1, 0.15) is 33.6 Å². The van der Waals surface area contributed by atoms with Gasteiger partial charge >= 0.3 is 5.97 Å². The van der Waals surface area contributed by atoms with Crippen LogP contribution in [-0.4, -0.2) is 42.4 Å². The zero-order valence-electron chi connectivity index (χ0n) is 10.1. The van der Waals surface area contributed by atoms with E-state index in [2.05, 4.69) is 0 Å². The molecule has 0 aromatic heterocycles. The van der Waals surface area contributed by atoms with E-state index < -0.39 is 18.2 Å². The quantitative estimate of drug-likeness (QED) is 0.680. The van der Waals surface area contributed by atoms with E-state index in [9.17, 15) is 9.90 Å². The normalized spacial score (nSPS) is 31.4. The zero-order chi connectivity index (χ0) is 12.1. The Hall–Kier alpha value is -0.650. The molecule has 0 aromatic rings. The Kier molecular flexibility index (Phi) is 5.18. The van der Waals surface area contributed by atoms with Gasteiger partial charge in [0.05, 0.1) is 12.6 Å². The Morgan fingerprint density at radius 3 is 2.75 bits per heavy atom. The van der Waals surface area contributed by atoms with Crippen LogP contribution in [-0.2, 0) is 19.5 Å². The van der Waals surface area contributed by atoms with Crippen molar-refractivity contribution in [3.63, 3.8) is 0 Å². The third-order valence-electron chi connectivity index (χ3n) is 2.69. The molecule has 5 nitrogen and oxygen atoms in total. The highest BCUT2D eigenvalue weighted by Gasteiger charge is 2.38. The molecule has 1 aliphatic heterocycles. The molecule has 0 amide bonds. The Morgan fingerprint density at radius 1 is 1.50 bits per heavy atom. The molecule has 1 radical (unpaired) electrons. The lowest BCUT2D eigenvalue weighted by Crippen LogP contribution is -2.54. The van der Waals surface area contributed by atoms with Crippen LogP contribution in [0.4, 0.5) is 0 Å². The standard InChI is InChI=1S/C11H20NO4/c1-4-7-15-12-6-5-10(14)11(8(12)2)16-9(3)13/h8,10-11H,4-7H2,1-3H3. The van der Waals surface area contributed by atoms with Crippen LogP contribution in [0.25, 0.3) is 0 Å². The first kappa shape index (κ1) is 13.4. The van der Waals surface area contributed by atoms with Crippen molar-refractivity contribution in [2.45, 2.75) is 51.9 Å². The molecule has 3 atom stereocenters. The van der Waals surface area contributed by atoms with Crippen molar-refractivity contribution in [1.82, 2.24) is 5.06 Å². The largest absolute Gasteiger partial charge is 0.458 e.